The summed E-state index contributed by atoms with van der Waals surface area (Å²) in [6.45, 7) is 0.125. The maximum absolute atomic E-state index is 13.0. The number of carboxylic acid groups (broad SMARTS) is 2. The molecule has 4 unspecified atom stereocenters. The number of nitrogens with one attached hydrogen (secondary N) is 3. The van der Waals surface area contributed by atoms with Crippen LogP contribution in [0.5, 0.6) is 0 Å². The highest BCUT2D eigenvalue weighted by Gasteiger charge is 2.31. The first-order chi connectivity index (χ1) is 17.3. The topological polar surface area (TPSA) is 295 Å². The van der Waals surface area contributed by atoms with Crippen molar-refractivity contribution >= 4 is 53.3 Å². The number of primary amides is 1. The summed E-state index contributed by atoms with van der Waals surface area (Å²) in [7, 11) is 0. The number of carbonyl (C=O) groups is 6. The fourth-order valence-corrected chi connectivity index (χ4v) is 3.39. The molecule has 4 amide bonds. The lowest BCUT2D eigenvalue weighted by Gasteiger charge is -2.24. The number of aliphatic carboxylic acids is 2. The van der Waals surface area contributed by atoms with E-state index in [4.69, 9.17) is 22.9 Å². The molecule has 0 spiro atoms. The number of nitrogens with zero attached hydrogens (tertiary/aromatic N) is 1. The lowest BCUT2D eigenvalue weighted by Crippen LogP contribution is -2.57. The van der Waals surface area contributed by atoms with Crippen molar-refractivity contribution in [1.82, 2.24) is 16.0 Å². The molecule has 16 nitrogen and oxygen atoms in total. The zero-order valence-corrected chi connectivity index (χ0v) is 21.3. The fraction of sp³-hybridized carbons (Fsp3) is 0.650. The molecule has 17 heteroatoms. The molecular weight excluding hydrogens is 512 g/mol. The first kappa shape index (κ1) is 33.4. The van der Waals surface area contributed by atoms with Gasteiger partial charge in [-0.2, -0.15) is 11.8 Å². The summed E-state index contributed by atoms with van der Waals surface area (Å²) in [4.78, 5) is 75.6. The predicted molar refractivity (Wildman–Crippen MR) is 135 cm³/mol. The van der Waals surface area contributed by atoms with Gasteiger partial charge in [0.05, 0.1) is 12.5 Å². The normalized spacial score (nSPS) is 13.8. The molecule has 0 radical (unpaired) electrons. The van der Waals surface area contributed by atoms with E-state index in [0.29, 0.717) is 12.2 Å². The summed E-state index contributed by atoms with van der Waals surface area (Å²) in [6, 6.07) is -5.39. The van der Waals surface area contributed by atoms with Gasteiger partial charge in [-0.05, 0) is 37.7 Å². The summed E-state index contributed by atoms with van der Waals surface area (Å²) >= 11 is 1.48. The second kappa shape index (κ2) is 17.8. The first-order valence-corrected chi connectivity index (χ1v) is 12.6. The van der Waals surface area contributed by atoms with Gasteiger partial charge in [-0.3, -0.25) is 29.0 Å². The zero-order valence-electron chi connectivity index (χ0n) is 20.5. The highest BCUT2D eigenvalue weighted by atomic mass is 32.2. The first-order valence-electron chi connectivity index (χ1n) is 11.2. The number of carboxylic acids is 2. The Kier molecular flexibility index (Phi) is 16.0. The highest BCUT2D eigenvalue weighted by Crippen LogP contribution is 2.05. The van der Waals surface area contributed by atoms with Gasteiger partial charge >= 0.3 is 11.9 Å². The van der Waals surface area contributed by atoms with Crippen LogP contribution in [0.3, 0.4) is 0 Å². The Morgan fingerprint density at radius 3 is 1.92 bits per heavy atom. The average molecular weight is 549 g/mol. The van der Waals surface area contributed by atoms with Crippen molar-refractivity contribution in [2.45, 2.75) is 62.7 Å². The summed E-state index contributed by atoms with van der Waals surface area (Å²) < 4.78 is 0. The molecule has 4 atom stereocenters. The molecule has 0 aromatic carbocycles. The second-order valence-electron chi connectivity index (χ2n) is 7.96. The average Bonchev–Trinajstić information content (AvgIpc) is 2.80. The Morgan fingerprint density at radius 1 is 0.838 bits per heavy atom. The van der Waals surface area contributed by atoms with Gasteiger partial charge in [-0.15, -0.1) is 0 Å². The molecule has 0 bridgehead atoms. The van der Waals surface area contributed by atoms with E-state index in [2.05, 4.69) is 20.9 Å². The number of rotatable bonds is 19. The lowest BCUT2D eigenvalue weighted by atomic mass is 10.1. The Hall–Kier alpha value is -3.60. The molecule has 0 aromatic rings. The van der Waals surface area contributed by atoms with E-state index < -0.39 is 66.2 Å². The monoisotopic (exact) mass is 548 g/mol. The number of hydrogen-bond acceptors (Lipinski definition) is 9. The third-order valence-electron chi connectivity index (χ3n) is 4.85. The molecule has 0 saturated heterocycles. The number of nitrogens with two attached hydrogens (primary N) is 4. The fourth-order valence-electron chi connectivity index (χ4n) is 2.90. The van der Waals surface area contributed by atoms with Gasteiger partial charge in [0.15, 0.2) is 5.96 Å². The van der Waals surface area contributed by atoms with E-state index in [1.807, 2.05) is 6.26 Å². The molecule has 0 saturated carbocycles. The zero-order chi connectivity index (χ0) is 28.5. The van der Waals surface area contributed by atoms with Crippen molar-refractivity contribution in [2.75, 3.05) is 18.6 Å². The van der Waals surface area contributed by atoms with Crippen molar-refractivity contribution in [2.24, 2.45) is 27.9 Å². The van der Waals surface area contributed by atoms with Crippen LogP contribution in [0.15, 0.2) is 4.99 Å². The van der Waals surface area contributed by atoms with E-state index in [-0.39, 0.29) is 38.2 Å². The van der Waals surface area contributed by atoms with E-state index >= 15 is 0 Å². The van der Waals surface area contributed by atoms with Crippen molar-refractivity contribution in [1.29, 1.82) is 0 Å². The Balaban J connectivity index is 5.61. The molecule has 0 aliphatic heterocycles. The molecule has 0 aromatic heterocycles. The molecule has 0 rings (SSSR count). The number of guanidine groups is 1. The van der Waals surface area contributed by atoms with Gasteiger partial charge in [-0.1, -0.05) is 0 Å². The van der Waals surface area contributed by atoms with E-state index in [0.717, 1.165) is 0 Å². The molecule has 0 fully saturated rings. The largest absolute Gasteiger partial charge is 0.481 e. The van der Waals surface area contributed by atoms with Gasteiger partial charge in [0.1, 0.15) is 18.1 Å². The molecule has 37 heavy (non-hydrogen) atoms. The van der Waals surface area contributed by atoms with Gasteiger partial charge < -0.3 is 49.1 Å². The van der Waals surface area contributed by atoms with Gasteiger partial charge in [0.2, 0.25) is 23.6 Å². The Bertz CT molecular complexity index is 852. The molecule has 0 aliphatic rings. The predicted octanol–water partition coefficient (Wildman–Crippen LogP) is -3.60. The van der Waals surface area contributed by atoms with Gasteiger partial charge in [0.25, 0.3) is 0 Å². The molecule has 0 aliphatic carbocycles. The smallest absolute Gasteiger partial charge is 0.326 e. The maximum atomic E-state index is 13.0. The third kappa shape index (κ3) is 15.2. The summed E-state index contributed by atoms with van der Waals surface area (Å²) in [5.74, 6) is -5.98. The van der Waals surface area contributed by atoms with E-state index in [1.165, 1.54) is 11.8 Å². The quantitative estimate of drug-likeness (QED) is 0.0429. The molecule has 0 heterocycles. The number of carbonyl (C=O) groups excluding carboxylic acids is 4. The van der Waals surface area contributed by atoms with Crippen molar-refractivity contribution in [3.8, 4) is 0 Å². The summed E-state index contributed by atoms with van der Waals surface area (Å²) in [6.07, 6.45) is 0.834. The molecule has 210 valence electrons. The Labute approximate surface area is 217 Å². The van der Waals surface area contributed by atoms with Crippen LogP contribution in [-0.2, 0) is 28.8 Å². The van der Waals surface area contributed by atoms with Crippen LogP contribution >= 0.6 is 11.8 Å². The van der Waals surface area contributed by atoms with Crippen LogP contribution in [0.4, 0.5) is 0 Å². The minimum atomic E-state index is -1.69. The van der Waals surface area contributed by atoms with Crippen molar-refractivity contribution in [3.63, 3.8) is 0 Å². The molecule has 13 N–H and O–H groups in total. The third-order valence-corrected chi connectivity index (χ3v) is 5.50. The van der Waals surface area contributed by atoms with Crippen LogP contribution < -0.4 is 38.9 Å². The highest BCUT2D eigenvalue weighted by molar-refractivity contribution is 7.98. The second-order valence-corrected chi connectivity index (χ2v) is 8.95. The SMILES string of the molecule is CSCCC(N)C(=O)NC(CCCN=C(N)N)C(=O)NC(CC(=O)O)C(=O)NC(CCC(N)=O)C(=O)O. The van der Waals surface area contributed by atoms with E-state index in [1.54, 1.807) is 0 Å². The number of aliphatic imine (C=N–C) groups is 1. The van der Waals surface area contributed by atoms with Gasteiger partial charge in [-0.25, -0.2) is 4.79 Å². The number of amides is 4. The standard InChI is InChI=1S/C20H36N8O8S/c1-37-8-6-10(21)16(32)26-11(3-2-7-25-20(23)24)17(33)28-13(9-15(30)31)18(34)27-12(19(35)36)4-5-14(22)29/h10-13H,2-9,21H2,1H3,(H2,22,29)(H,26,32)(H,27,34)(H,28,33)(H,30,31)(H,35,36)(H4,23,24,25). The maximum Gasteiger partial charge on any atom is 0.326 e. The van der Waals surface area contributed by atoms with Gasteiger partial charge in [0, 0.05) is 13.0 Å². The van der Waals surface area contributed by atoms with Crippen LogP contribution in [0, 0.1) is 0 Å². The lowest BCUT2D eigenvalue weighted by molar-refractivity contribution is -0.143. The summed E-state index contributed by atoms with van der Waals surface area (Å²) in [5.41, 5.74) is 21.4. The minimum Gasteiger partial charge on any atom is -0.481 e. The minimum absolute atomic E-state index is 0.0153. The van der Waals surface area contributed by atoms with E-state index in [9.17, 15) is 39.0 Å². The van der Waals surface area contributed by atoms with Crippen LogP contribution in [0.25, 0.3) is 0 Å². The molecular formula is C20H36N8O8S. The Morgan fingerprint density at radius 2 is 1.41 bits per heavy atom. The number of hydrogen-bond donors (Lipinski definition) is 9. The van der Waals surface area contributed by atoms with Crippen molar-refractivity contribution < 1.29 is 39.0 Å². The van der Waals surface area contributed by atoms with Crippen LogP contribution in [0.1, 0.15) is 38.5 Å². The van der Waals surface area contributed by atoms with Crippen LogP contribution in [0.2, 0.25) is 0 Å². The van der Waals surface area contributed by atoms with Crippen LogP contribution in [-0.4, -0.2) is 94.5 Å². The summed E-state index contributed by atoms with van der Waals surface area (Å²) in [5, 5.41) is 25.3. The number of thioether (sulfide) groups is 1. The van der Waals surface area contributed by atoms with Crippen molar-refractivity contribution in [3.05, 3.63) is 0 Å².